The van der Waals surface area contributed by atoms with E-state index < -0.39 is 194 Å². The molecule has 25 N–H and O–H groups in total. The average Bonchev–Trinajstić information content (AvgIpc) is 1.71. The third-order valence-corrected chi connectivity index (χ3v) is 17.7. The molecule has 4 rings (SSSR count). The Bertz CT molecular complexity index is 3350. The lowest BCUT2D eigenvalue weighted by atomic mass is 9.84. The SMILES string of the molecule is CC[C@H](C)[C@@H](NC(=O)[C@H](CC1CCCCC1)NC(=O)[C@H](CCC(=O)O)NC(=O)[C@H](Cc1ccccc1)NC(=O)[C@@H](CCN)NC(=O)[C@H](CCN)NC(=O)[C@H](CO)NC(=O)[C@@H](Cc1c[nH]c2ccccc12)NC(=O)[C@@H](CO)NC(=O)CNC(=O)[C@@H](CCN)NC(=O)[C@H](N)C(C)C)C(=O)N[C@@H](C)C(=O)O. The smallest absolute Gasteiger partial charge is 0.325 e. The van der Waals surface area contributed by atoms with Crippen molar-refractivity contribution in [1.82, 2.24) is 68.8 Å². The number of hydrogen-bond donors (Lipinski definition) is 21. The summed E-state index contributed by atoms with van der Waals surface area (Å²) >= 11 is 0. The van der Waals surface area contributed by atoms with E-state index >= 15 is 0 Å². The Balaban J connectivity index is 1.56. The fraction of sp³-hybridized carbons (Fsp3) is 0.588. The van der Waals surface area contributed by atoms with Crippen molar-refractivity contribution in [2.75, 3.05) is 39.4 Å². The van der Waals surface area contributed by atoms with Crippen LogP contribution in [-0.4, -0.2) is 220 Å². The van der Waals surface area contributed by atoms with Crippen molar-refractivity contribution in [2.45, 2.75) is 197 Å². The van der Waals surface area contributed by atoms with Crippen LogP contribution in [-0.2, 0) is 80.0 Å². The second-order valence-electron chi connectivity index (χ2n) is 26.1. The third-order valence-electron chi connectivity index (χ3n) is 17.7. The molecule has 1 saturated carbocycles. The fourth-order valence-electron chi connectivity index (χ4n) is 11.3. The Hall–Kier alpha value is -9.68. The molecule has 2 aromatic carbocycles. The zero-order chi connectivity index (χ0) is 76.5. The molecule has 570 valence electrons. The first-order chi connectivity index (χ1) is 49.0. The number of aromatic nitrogens is 1. The van der Waals surface area contributed by atoms with Gasteiger partial charge in [-0.15, -0.1) is 0 Å². The number of hydrogen-bond acceptors (Lipinski definition) is 20. The number of aromatic amines is 1. The van der Waals surface area contributed by atoms with Crippen LogP contribution in [0.2, 0.25) is 0 Å². The van der Waals surface area contributed by atoms with Crippen molar-refractivity contribution < 1.29 is 87.5 Å². The van der Waals surface area contributed by atoms with Crippen LogP contribution in [0, 0.1) is 17.8 Å². The second-order valence-corrected chi connectivity index (χ2v) is 26.1. The number of aliphatic hydroxyl groups excluding tert-OH is 2. The predicted octanol–water partition coefficient (Wildman–Crippen LogP) is -4.60. The molecule has 0 radical (unpaired) electrons. The number of carboxylic acids is 2. The van der Waals surface area contributed by atoms with E-state index in [4.69, 9.17) is 22.9 Å². The fourth-order valence-corrected chi connectivity index (χ4v) is 11.3. The molecule has 13 atom stereocenters. The summed E-state index contributed by atoms with van der Waals surface area (Å²) in [7, 11) is 0. The van der Waals surface area contributed by atoms with E-state index in [0.29, 0.717) is 41.3 Å². The third kappa shape index (κ3) is 28.2. The van der Waals surface area contributed by atoms with E-state index in [2.05, 4.69) is 68.8 Å². The van der Waals surface area contributed by atoms with Crippen LogP contribution in [0.15, 0.2) is 60.8 Å². The predicted molar refractivity (Wildman–Crippen MR) is 375 cm³/mol. The number of H-pyrrole nitrogens is 1. The summed E-state index contributed by atoms with van der Waals surface area (Å²) in [5.41, 5.74) is 25.1. The molecule has 0 aliphatic heterocycles. The maximum absolute atomic E-state index is 14.6. The topological polar surface area (TPSA) is 584 Å². The normalized spacial score (nSPS) is 16.1. The Morgan fingerprint density at radius 3 is 1.46 bits per heavy atom. The van der Waals surface area contributed by atoms with Gasteiger partial charge in [-0.2, -0.15) is 0 Å². The molecule has 35 heteroatoms. The number of para-hydroxylation sites is 1. The summed E-state index contributed by atoms with van der Waals surface area (Å²) < 4.78 is 0. The summed E-state index contributed by atoms with van der Waals surface area (Å²) in [5, 5.41) is 70.7. The summed E-state index contributed by atoms with van der Waals surface area (Å²) in [6, 6.07) is -2.45. The first-order valence-corrected chi connectivity index (χ1v) is 34.7. The standard InChI is InChI=1S/C68H105N17O18/c1-6-37(4)56(67(101)75-38(5)68(102)103)85-63(97)49(30-40-17-11-8-12-18-40)82-58(92)44(21-22-54(89)90)77-61(95)48(29-39-15-9-7-10-16-39)81-60(94)47(25-28-71)78-59(93)46(24-27-70)79-65(99)52(35-87)84-62(96)50(31-41-32-73-43-20-14-13-19-42(41)43)83-64(98)51(34-86)76-53(88)33-74-57(91)45(23-26-69)80-66(100)55(72)36(2)3/h7,9-10,13-16,19-20,32,36-38,40,44-52,55-56,73,86-87H,6,8,11-12,17-18,21-31,33-35,69-72H2,1-5H3,(H,74,91)(H,75,101)(H,76,88)(H,77,95)(H,78,93)(H,79,99)(H,80,100)(H,81,94)(H,82,92)(H,83,98)(H,84,96)(H,85,97)(H,89,90)(H,102,103)/t37-,38-,44-,45+,46-,47+,48-,49-,50+,51+,52-,55+,56+/m0/s1. The number of carbonyl (C=O) groups excluding carboxylic acids is 12. The van der Waals surface area contributed by atoms with Gasteiger partial charge in [-0.3, -0.25) is 67.1 Å². The highest BCUT2D eigenvalue weighted by Gasteiger charge is 2.38. The summed E-state index contributed by atoms with van der Waals surface area (Å²) in [6.45, 7) is 4.69. The number of nitrogens with one attached hydrogen (secondary N) is 13. The molecule has 1 aromatic heterocycles. The second kappa shape index (κ2) is 44.0. The molecule has 1 aliphatic rings. The van der Waals surface area contributed by atoms with Crippen LogP contribution in [0.5, 0.6) is 0 Å². The maximum atomic E-state index is 14.6. The van der Waals surface area contributed by atoms with E-state index in [0.717, 1.165) is 19.3 Å². The van der Waals surface area contributed by atoms with Crippen LogP contribution in [0.4, 0.5) is 0 Å². The number of amides is 12. The Kier molecular flexibility index (Phi) is 36.6. The van der Waals surface area contributed by atoms with Crippen LogP contribution in [0.1, 0.15) is 123 Å². The number of carboxylic acid groups (broad SMARTS) is 2. The molecule has 12 amide bonds. The van der Waals surface area contributed by atoms with Crippen molar-refractivity contribution >= 4 is 93.7 Å². The van der Waals surface area contributed by atoms with Gasteiger partial charge in [0.25, 0.3) is 0 Å². The molecule has 103 heavy (non-hydrogen) atoms. The molecule has 0 bridgehead atoms. The van der Waals surface area contributed by atoms with Gasteiger partial charge >= 0.3 is 11.9 Å². The lowest BCUT2D eigenvalue weighted by Crippen LogP contribution is -2.62. The molecule has 0 saturated heterocycles. The first-order valence-electron chi connectivity index (χ1n) is 34.7. The Morgan fingerprint density at radius 2 is 0.942 bits per heavy atom. The van der Waals surface area contributed by atoms with Gasteiger partial charge in [0.05, 0.1) is 25.8 Å². The van der Waals surface area contributed by atoms with Crippen molar-refractivity contribution in [3.05, 3.63) is 71.9 Å². The van der Waals surface area contributed by atoms with Crippen LogP contribution in [0.25, 0.3) is 10.9 Å². The summed E-state index contributed by atoms with van der Waals surface area (Å²) in [5.74, 6) is -14.9. The average molecular weight is 1450 g/mol. The minimum atomic E-state index is -1.85. The number of nitrogens with two attached hydrogens (primary N) is 4. The minimum absolute atomic E-state index is 0.0228. The van der Waals surface area contributed by atoms with Gasteiger partial charge < -0.3 is 112 Å². The molecule has 1 aliphatic carbocycles. The maximum Gasteiger partial charge on any atom is 0.325 e. The highest BCUT2D eigenvalue weighted by Crippen LogP contribution is 2.28. The lowest BCUT2D eigenvalue weighted by Gasteiger charge is -2.31. The van der Waals surface area contributed by atoms with E-state index in [-0.39, 0.29) is 70.0 Å². The van der Waals surface area contributed by atoms with Crippen LogP contribution >= 0.6 is 0 Å². The van der Waals surface area contributed by atoms with Gasteiger partial charge in [0.2, 0.25) is 70.9 Å². The zero-order valence-electron chi connectivity index (χ0n) is 58.9. The number of carbonyl (C=O) groups is 14. The lowest BCUT2D eigenvalue weighted by molar-refractivity contribution is -0.142. The zero-order valence-corrected chi connectivity index (χ0v) is 58.9. The number of aliphatic carboxylic acids is 2. The number of rotatable bonds is 45. The van der Waals surface area contributed by atoms with Gasteiger partial charge in [0.15, 0.2) is 0 Å². The highest BCUT2D eigenvalue weighted by molar-refractivity contribution is 6.00. The van der Waals surface area contributed by atoms with Crippen LogP contribution in [0.3, 0.4) is 0 Å². The number of aliphatic hydroxyl groups is 2. The van der Waals surface area contributed by atoms with Gasteiger partial charge in [-0.05, 0) is 93.6 Å². The first kappa shape index (κ1) is 85.7. The Morgan fingerprint density at radius 1 is 0.495 bits per heavy atom. The van der Waals surface area contributed by atoms with Gasteiger partial charge in [-0.25, -0.2) is 0 Å². The molecule has 0 unspecified atom stereocenters. The highest BCUT2D eigenvalue weighted by atomic mass is 16.4. The summed E-state index contributed by atoms with van der Waals surface area (Å²) in [6.07, 6.45) is 3.73. The minimum Gasteiger partial charge on any atom is -0.481 e. The van der Waals surface area contributed by atoms with Crippen molar-refractivity contribution in [2.24, 2.45) is 40.7 Å². The van der Waals surface area contributed by atoms with Gasteiger partial charge in [0.1, 0.15) is 66.5 Å². The van der Waals surface area contributed by atoms with Crippen molar-refractivity contribution in [1.29, 1.82) is 0 Å². The van der Waals surface area contributed by atoms with Crippen LogP contribution < -0.4 is 86.7 Å². The molecular formula is C68H105N17O18. The molecular weight excluding hydrogens is 1340 g/mol. The number of fused-ring (bicyclic) bond motifs is 1. The molecule has 1 fully saturated rings. The van der Waals surface area contributed by atoms with Gasteiger partial charge in [-0.1, -0.05) is 115 Å². The Labute approximate surface area is 596 Å². The van der Waals surface area contributed by atoms with E-state index in [9.17, 15) is 87.5 Å². The van der Waals surface area contributed by atoms with E-state index in [1.807, 2.05) is 0 Å². The van der Waals surface area contributed by atoms with Gasteiger partial charge in [0, 0.05) is 36.4 Å². The largest absolute Gasteiger partial charge is 0.481 e. The molecule has 3 aromatic rings. The monoisotopic (exact) mass is 1450 g/mol. The van der Waals surface area contributed by atoms with E-state index in [1.54, 1.807) is 88.5 Å². The van der Waals surface area contributed by atoms with E-state index in [1.165, 1.54) is 6.92 Å². The number of benzene rings is 2. The molecule has 35 nitrogen and oxygen atoms in total. The summed E-state index contributed by atoms with van der Waals surface area (Å²) in [4.78, 5) is 194. The molecule has 0 spiro atoms. The molecule has 1 heterocycles. The van der Waals surface area contributed by atoms with Crippen molar-refractivity contribution in [3.63, 3.8) is 0 Å². The quantitative estimate of drug-likeness (QED) is 0.0253. The van der Waals surface area contributed by atoms with Crippen molar-refractivity contribution in [3.8, 4) is 0 Å².